The number of nitrogens with two attached hydrogens (primary N) is 1. The van der Waals surface area contributed by atoms with E-state index in [9.17, 15) is 4.79 Å². The van der Waals surface area contributed by atoms with Crippen LogP contribution < -0.4 is 5.73 Å². The van der Waals surface area contributed by atoms with Gasteiger partial charge in [0.2, 0.25) is 0 Å². The summed E-state index contributed by atoms with van der Waals surface area (Å²) in [6.45, 7) is 0.995. The highest BCUT2D eigenvalue weighted by Crippen LogP contribution is 2.12. The van der Waals surface area contributed by atoms with Crippen LogP contribution in [0.2, 0.25) is 0 Å². The molecule has 1 amide bonds. The molecule has 1 aromatic heterocycles. The number of hydrogen-bond acceptors (Lipinski definition) is 3. The highest BCUT2D eigenvalue weighted by atomic mass is 16.2. The van der Waals surface area contributed by atoms with Gasteiger partial charge < -0.3 is 15.6 Å². The van der Waals surface area contributed by atoms with E-state index in [4.69, 9.17) is 5.73 Å². The summed E-state index contributed by atoms with van der Waals surface area (Å²) in [5, 5.41) is 0. The number of imidazole rings is 1. The molecule has 0 bridgehead atoms. The number of carbonyl (C=O) groups is 1. The maximum absolute atomic E-state index is 12.4. The average Bonchev–Trinajstić information content (AvgIpc) is 2.92. The number of hydrogen-bond donors (Lipinski definition) is 2. The third-order valence-electron chi connectivity index (χ3n) is 2.95. The van der Waals surface area contributed by atoms with Gasteiger partial charge in [-0.05, 0) is 24.6 Å². The Morgan fingerprint density at radius 3 is 2.89 bits per heavy atom. The second-order valence-corrected chi connectivity index (χ2v) is 4.39. The molecule has 0 aliphatic carbocycles. The van der Waals surface area contributed by atoms with Crippen LogP contribution in [0.25, 0.3) is 0 Å². The smallest absolute Gasteiger partial charge is 0.254 e. The van der Waals surface area contributed by atoms with Crippen molar-refractivity contribution in [3.05, 3.63) is 53.6 Å². The van der Waals surface area contributed by atoms with Crippen LogP contribution in [-0.2, 0) is 13.0 Å². The second-order valence-electron chi connectivity index (χ2n) is 4.39. The van der Waals surface area contributed by atoms with E-state index in [1.807, 2.05) is 24.3 Å². The number of benzene rings is 1. The Labute approximate surface area is 112 Å². The van der Waals surface area contributed by atoms with E-state index in [-0.39, 0.29) is 5.91 Å². The lowest BCUT2D eigenvalue weighted by atomic mass is 10.0. The fraction of sp³-hybridized carbons (Fsp3) is 0.286. The molecule has 0 aliphatic rings. The molecule has 1 aromatic carbocycles. The molecule has 3 N–H and O–H groups in total. The Morgan fingerprint density at radius 1 is 1.42 bits per heavy atom. The summed E-state index contributed by atoms with van der Waals surface area (Å²) < 4.78 is 0. The molecule has 1 heterocycles. The van der Waals surface area contributed by atoms with Crippen LogP contribution in [-0.4, -0.2) is 34.4 Å². The quantitative estimate of drug-likeness (QED) is 0.845. The Bertz CT molecular complexity index is 536. The topological polar surface area (TPSA) is 75.0 Å². The molecule has 5 heteroatoms. The summed E-state index contributed by atoms with van der Waals surface area (Å²) in [6, 6.07) is 7.58. The van der Waals surface area contributed by atoms with Gasteiger partial charge in [-0.1, -0.05) is 18.2 Å². The molecule has 5 nitrogen and oxygen atoms in total. The van der Waals surface area contributed by atoms with Gasteiger partial charge >= 0.3 is 0 Å². The SMILES string of the molecule is CN(Cc1ncc[nH]1)C(=O)c1ccccc1CCN. The number of aromatic amines is 1. The number of nitrogens with zero attached hydrogens (tertiary/aromatic N) is 2. The highest BCUT2D eigenvalue weighted by molar-refractivity contribution is 5.95. The molecule has 0 unspecified atom stereocenters. The number of aromatic nitrogens is 2. The van der Waals surface area contributed by atoms with E-state index in [0.717, 1.165) is 11.4 Å². The lowest BCUT2D eigenvalue weighted by molar-refractivity contribution is 0.0781. The number of amides is 1. The number of carbonyl (C=O) groups excluding carboxylic acids is 1. The Kier molecular flexibility index (Phi) is 4.30. The van der Waals surface area contributed by atoms with Gasteiger partial charge in [-0.3, -0.25) is 4.79 Å². The van der Waals surface area contributed by atoms with Gasteiger partial charge in [0.05, 0.1) is 6.54 Å². The molecule has 100 valence electrons. The Balaban J connectivity index is 2.14. The summed E-state index contributed by atoms with van der Waals surface area (Å²) in [4.78, 5) is 21.2. The van der Waals surface area contributed by atoms with Gasteiger partial charge in [0.15, 0.2) is 0 Å². The molecule has 19 heavy (non-hydrogen) atoms. The molecule has 0 aliphatic heterocycles. The monoisotopic (exact) mass is 258 g/mol. The van der Waals surface area contributed by atoms with Crippen LogP contribution in [0.4, 0.5) is 0 Å². The minimum Gasteiger partial charge on any atom is -0.347 e. The van der Waals surface area contributed by atoms with Crippen molar-refractivity contribution in [3.8, 4) is 0 Å². The maximum Gasteiger partial charge on any atom is 0.254 e. The molecule has 0 saturated carbocycles. The summed E-state index contributed by atoms with van der Waals surface area (Å²) in [7, 11) is 1.77. The normalized spacial score (nSPS) is 10.4. The first-order chi connectivity index (χ1) is 9.22. The lowest BCUT2D eigenvalue weighted by Gasteiger charge is -2.17. The van der Waals surface area contributed by atoms with Gasteiger partial charge in [0.25, 0.3) is 5.91 Å². The zero-order valence-corrected chi connectivity index (χ0v) is 11.0. The van der Waals surface area contributed by atoms with Crippen LogP contribution in [0, 0.1) is 0 Å². The van der Waals surface area contributed by atoms with Crippen LogP contribution in [0.3, 0.4) is 0 Å². The summed E-state index contributed by atoms with van der Waals surface area (Å²) in [6.07, 6.45) is 4.13. The van der Waals surface area contributed by atoms with E-state index in [1.165, 1.54) is 0 Å². The van der Waals surface area contributed by atoms with Crippen molar-refractivity contribution in [2.75, 3.05) is 13.6 Å². The van der Waals surface area contributed by atoms with Gasteiger partial charge in [0.1, 0.15) is 5.82 Å². The molecule has 0 radical (unpaired) electrons. The molecule has 0 saturated heterocycles. The standard InChI is InChI=1S/C14H18N4O/c1-18(10-13-16-8-9-17-13)14(19)12-5-3-2-4-11(12)6-7-15/h2-5,8-9H,6-7,10,15H2,1H3,(H,16,17). The molecule has 2 rings (SSSR count). The molecule has 2 aromatic rings. The van der Waals surface area contributed by atoms with Crippen LogP contribution in [0.5, 0.6) is 0 Å². The van der Waals surface area contributed by atoms with E-state index in [2.05, 4.69) is 9.97 Å². The number of rotatable bonds is 5. The first-order valence-electron chi connectivity index (χ1n) is 6.24. The maximum atomic E-state index is 12.4. The molecular weight excluding hydrogens is 240 g/mol. The van der Waals surface area contributed by atoms with Crippen LogP contribution >= 0.6 is 0 Å². The second kappa shape index (κ2) is 6.15. The van der Waals surface area contributed by atoms with Crippen molar-refractivity contribution in [2.45, 2.75) is 13.0 Å². The first kappa shape index (κ1) is 13.3. The largest absolute Gasteiger partial charge is 0.347 e. The van der Waals surface area contributed by atoms with Crippen molar-refractivity contribution in [2.24, 2.45) is 5.73 Å². The molecule has 0 fully saturated rings. The van der Waals surface area contributed by atoms with E-state index in [1.54, 1.807) is 24.3 Å². The fourth-order valence-electron chi connectivity index (χ4n) is 1.99. The van der Waals surface area contributed by atoms with Gasteiger partial charge in [0, 0.05) is 25.0 Å². The minimum absolute atomic E-state index is 0.0135. The van der Waals surface area contributed by atoms with Gasteiger partial charge in [-0.15, -0.1) is 0 Å². The third kappa shape index (κ3) is 3.20. The van der Waals surface area contributed by atoms with E-state index < -0.39 is 0 Å². The summed E-state index contributed by atoms with van der Waals surface area (Å²) >= 11 is 0. The van der Waals surface area contributed by atoms with Crippen LogP contribution in [0.15, 0.2) is 36.7 Å². The average molecular weight is 258 g/mol. The Morgan fingerprint density at radius 2 is 2.21 bits per heavy atom. The zero-order valence-electron chi connectivity index (χ0n) is 11.0. The number of H-pyrrole nitrogens is 1. The summed E-state index contributed by atoms with van der Waals surface area (Å²) in [5.41, 5.74) is 7.27. The molecular formula is C14H18N4O. The van der Waals surface area contributed by atoms with Crippen molar-refractivity contribution in [1.82, 2.24) is 14.9 Å². The van der Waals surface area contributed by atoms with Gasteiger partial charge in [-0.2, -0.15) is 0 Å². The number of nitrogens with one attached hydrogen (secondary N) is 1. The lowest BCUT2D eigenvalue weighted by Crippen LogP contribution is -2.28. The minimum atomic E-state index is -0.0135. The van der Waals surface area contributed by atoms with E-state index in [0.29, 0.717) is 25.1 Å². The van der Waals surface area contributed by atoms with Crippen LogP contribution in [0.1, 0.15) is 21.7 Å². The molecule has 0 spiro atoms. The van der Waals surface area contributed by atoms with Gasteiger partial charge in [-0.25, -0.2) is 4.98 Å². The van der Waals surface area contributed by atoms with Crippen molar-refractivity contribution in [3.63, 3.8) is 0 Å². The molecule has 0 atom stereocenters. The first-order valence-corrected chi connectivity index (χ1v) is 6.24. The summed E-state index contributed by atoms with van der Waals surface area (Å²) in [5.74, 6) is 0.757. The van der Waals surface area contributed by atoms with Crippen molar-refractivity contribution < 1.29 is 4.79 Å². The Hall–Kier alpha value is -2.14. The predicted molar refractivity (Wildman–Crippen MR) is 73.6 cm³/mol. The highest BCUT2D eigenvalue weighted by Gasteiger charge is 2.15. The fourth-order valence-corrected chi connectivity index (χ4v) is 1.99. The zero-order chi connectivity index (χ0) is 13.7. The van der Waals surface area contributed by atoms with E-state index >= 15 is 0 Å². The third-order valence-corrected chi connectivity index (χ3v) is 2.95. The predicted octanol–water partition coefficient (Wildman–Crippen LogP) is 1.18. The van der Waals surface area contributed by atoms with Crippen molar-refractivity contribution in [1.29, 1.82) is 0 Å². The van der Waals surface area contributed by atoms with Crippen molar-refractivity contribution >= 4 is 5.91 Å².